The molecule has 0 saturated carbocycles. The van der Waals surface area contributed by atoms with E-state index < -0.39 is 6.79 Å². The van der Waals surface area contributed by atoms with E-state index in [1.807, 2.05) is 40.4 Å². The molecule has 0 aliphatic rings. The zero-order valence-corrected chi connectivity index (χ0v) is 26.0. The maximum Gasteiger partial charge on any atom is 0.191 e. The lowest BCUT2D eigenvalue weighted by Gasteiger charge is -2.09. The van der Waals surface area contributed by atoms with Gasteiger partial charge >= 0.3 is 0 Å². The molecule has 0 amide bonds. The van der Waals surface area contributed by atoms with Crippen molar-refractivity contribution in [2.75, 3.05) is 20.7 Å². The number of hydrogen-bond acceptors (Lipinski definition) is 7. The third-order valence-electron chi connectivity index (χ3n) is 4.64. The van der Waals surface area contributed by atoms with Crippen LogP contribution in [0.4, 0.5) is 4.53 Å². The van der Waals surface area contributed by atoms with Gasteiger partial charge in [-0.25, -0.2) is 0 Å². The lowest BCUT2D eigenvalue weighted by atomic mass is 10.00. The van der Waals surface area contributed by atoms with Gasteiger partial charge in [0.2, 0.25) is 0 Å². The highest BCUT2D eigenvalue weighted by molar-refractivity contribution is 5.74. The first kappa shape index (κ1) is 47.5. The summed E-state index contributed by atoms with van der Waals surface area (Å²) in [5.41, 5.74) is 3.34. The Morgan fingerprint density at radius 1 is 0.854 bits per heavy atom. The summed E-state index contributed by atoms with van der Waals surface area (Å²) in [6.07, 6.45) is 19.8. The monoisotopic (exact) mass is 582 g/mol. The van der Waals surface area contributed by atoms with Gasteiger partial charge in [-0.1, -0.05) is 87.9 Å². The second kappa shape index (κ2) is 46.5. The van der Waals surface area contributed by atoms with Crippen molar-refractivity contribution < 1.29 is 38.7 Å². The summed E-state index contributed by atoms with van der Waals surface area (Å²) in [6.45, 7) is 18.0. The molecule has 0 unspecified atom stereocenters. The molecular formula is C33H55FO7. The Morgan fingerprint density at radius 3 is 1.78 bits per heavy atom. The second-order valence-corrected chi connectivity index (χ2v) is 7.68. The van der Waals surface area contributed by atoms with E-state index in [0.717, 1.165) is 30.9 Å². The van der Waals surface area contributed by atoms with Gasteiger partial charge in [-0.2, -0.15) is 4.94 Å². The van der Waals surface area contributed by atoms with E-state index in [2.05, 4.69) is 49.3 Å². The van der Waals surface area contributed by atoms with Crippen LogP contribution in [0.15, 0.2) is 79.8 Å². The number of aliphatic hydroxyl groups excluding tert-OH is 2. The van der Waals surface area contributed by atoms with Crippen molar-refractivity contribution in [1.82, 2.24) is 0 Å². The number of halogens is 1. The van der Waals surface area contributed by atoms with Crippen LogP contribution in [0.25, 0.3) is 5.57 Å². The molecule has 0 aromatic heterocycles. The lowest BCUT2D eigenvalue weighted by Crippen LogP contribution is -2.01. The average molecular weight is 583 g/mol. The summed E-state index contributed by atoms with van der Waals surface area (Å²) in [5.74, 6) is 0.395. The smallest absolute Gasteiger partial charge is 0.191 e. The molecule has 0 bridgehead atoms. The highest BCUT2D eigenvalue weighted by Gasteiger charge is 2.03. The number of unbranched alkanes of at least 4 members (excludes halogenated alkanes) is 6. The predicted molar refractivity (Wildman–Crippen MR) is 170 cm³/mol. The molecule has 0 saturated heterocycles. The Morgan fingerprint density at radius 2 is 1.34 bits per heavy atom. The summed E-state index contributed by atoms with van der Waals surface area (Å²) in [4.78, 5) is 19.3. The third kappa shape index (κ3) is 36.7. The number of ether oxygens (including phenoxy) is 2. The molecule has 41 heavy (non-hydrogen) atoms. The quantitative estimate of drug-likeness (QED) is 0.0660. The van der Waals surface area contributed by atoms with Crippen LogP contribution >= 0.6 is 0 Å². The minimum Gasteiger partial charge on any atom is -0.515 e. The molecule has 2 N–H and O–H groups in total. The first-order valence-corrected chi connectivity index (χ1v) is 13.5. The Balaban J connectivity index is -0.000000312. The van der Waals surface area contributed by atoms with E-state index in [-0.39, 0.29) is 6.79 Å². The van der Waals surface area contributed by atoms with Crippen molar-refractivity contribution in [3.05, 3.63) is 91.0 Å². The maximum absolute atomic E-state index is 11.6. The van der Waals surface area contributed by atoms with Gasteiger partial charge in [0, 0.05) is 13.2 Å². The molecule has 0 aliphatic carbocycles. The summed E-state index contributed by atoms with van der Waals surface area (Å²) in [7, 11) is 1.00. The number of aryl methyl sites for hydroxylation is 1. The van der Waals surface area contributed by atoms with Crippen LogP contribution in [0.5, 0.6) is 0 Å². The van der Waals surface area contributed by atoms with Gasteiger partial charge in [0.15, 0.2) is 13.6 Å². The molecule has 1 aromatic carbocycles. The number of aliphatic hydroxyl groups is 2. The van der Waals surface area contributed by atoms with E-state index in [9.17, 15) is 4.53 Å². The molecule has 8 heteroatoms. The van der Waals surface area contributed by atoms with Gasteiger partial charge in [-0.3, -0.25) is 0 Å². The molecule has 236 valence electrons. The van der Waals surface area contributed by atoms with Crippen LogP contribution in [0, 0.1) is 0 Å². The van der Waals surface area contributed by atoms with Crippen molar-refractivity contribution in [2.24, 2.45) is 0 Å². The molecule has 0 aliphatic heterocycles. The minimum atomic E-state index is -0.507. The third-order valence-corrected chi connectivity index (χ3v) is 4.64. The van der Waals surface area contributed by atoms with Gasteiger partial charge in [0.1, 0.15) is 19.3 Å². The molecular weight excluding hydrogens is 527 g/mol. The lowest BCUT2D eigenvalue weighted by molar-refractivity contribution is -0.230. The van der Waals surface area contributed by atoms with E-state index in [0.29, 0.717) is 5.76 Å². The van der Waals surface area contributed by atoms with Crippen molar-refractivity contribution in [3.63, 3.8) is 0 Å². The highest BCUT2D eigenvalue weighted by Crippen LogP contribution is 2.20. The Bertz CT molecular complexity index is 736. The zero-order valence-electron chi connectivity index (χ0n) is 26.0. The largest absolute Gasteiger partial charge is 0.515 e. The number of hydrogen-bond donors (Lipinski definition) is 2. The van der Waals surface area contributed by atoms with Crippen LogP contribution in [0.2, 0.25) is 0 Å². The highest BCUT2D eigenvalue weighted by atomic mass is 19.3. The first-order valence-electron chi connectivity index (χ1n) is 13.5. The van der Waals surface area contributed by atoms with Gasteiger partial charge in [0.05, 0.1) is 6.26 Å². The van der Waals surface area contributed by atoms with Crippen LogP contribution in [-0.2, 0) is 30.4 Å². The van der Waals surface area contributed by atoms with Gasteiger partial charge in [0.25, 0.3) is 0 Å². The van der Waals surface area contributed by atoms with E-state index >= 15 is 0 Å². The molecule has 0 radical (unpaired) electrons. The molecule has 1 aromatic rings. The number of allylic oxidation sites excluding steroid dienone is 6. The predicted octanol–water partition coefficient (Wildman–Crippen LogP) is 8.81. The van der Waals surface area contributed by atoms with Crippen molar-refractivity contribution in [2.45, 2.75) is 79.1 Å². The normalized spacial score (nSPS) is 9.93. The SMILES string of the molecule is C=CC.C=CC.C=O.C=O.CO.C\C=C(/C=C(\C=C\O)OCOCOF)c1ccc(CCCCCCCCC)cc1. The molecule has 0 spiro atoms. The van der Waals surface area contributed by atoms with Crippen molar-refractivity contribution >= 4 is 19.2 Å². The minimum absolute atomic E-state index is 0.186. The van der Waals surface area contributed by atoms with E-state index in [1.165, 1.54) is 56.6 Å². The van der Waals surface area contributed by atoms with E-state index in [1.54, 1.807) is 18.2 Å². The number of benzene rings is 1. The van der Waals surface area contributed by atoms with Crippen LogP contribution < -0.4 is 0 Å². The fourth-order valence-corrected chi connectivity index (χ4v) is 3.02. The van der Waals surface area contributed by atoms with Gasteiger partial charge in [-0.05, 0) is 60.9 Å². The average Bonchev–Trinajstić information content (AvgIpc) is 3.02. The standard InChI is InChI=1S/C24H35FO4.2C3H6.CH4O.2CH2O/c1-3-5-6-7-8-9-10-11-21-12-14-23(15-13-21)22(4-2)18-24(16-17-26)28-19-27-20-29-25;2*1-3-2;3*1-2/h4,12-18,26H,3,5-11,19-20H2,1-2H3;2*3H,1H2,2H3;2H,1H3;2*1H2/b17-16+,22-4+,24-18+;;;;;. The number of carbonyl (C=O) groups excluding carboxylic acids is 2. The topological polar surface area (TPSA) is 102 Å². The zero-order chi connectivity index (χ0) is 32.6. The van der Waals surface area contributed by atoms with Crippen LogP contribution in [0.3, 0.4) is 0 Å². The Labute approximate surface area is 248 Å². The van der Waals surface area contributed by atoms with Gasteiger partial charge in [-0.15, -0.1) is 13.2 Å². The summed E-state index contributed by atoms with van der Waals surface area (Å²) < 4.78 is 21.7. The summed E-state index contributed by atoms with van der Waals surface area (Å²) in [6, 6.07) is 8.51. The summed E-state index contributed by atoms with van der Waals surface area (Å²) >= 11 is 0. The Hall–Kier alpha value is -3.33. The molecule has 0 heterocycles. The first-order chi connectivity index (χ1) is 20.1. The number of rotatable bonds is 16. The second-order valence-electron chi connectivity index (χ2n) is 7.68. The van der Waals surface area contributed by atoms with Crippen molar-refractivity contribution in [1.29, 1.82) is 0 Å². The molecule has 1 rings (SSSR count). The Kier molecular flexibility index (Phi) is 53.8. The fourth-order valence-electron chi connectivity index (χ4n) is 3.02. The van der Waals surface area contributed by atoms with Gasteiger partial charge < -0.3 is 29.3 Å². The molecule has 7 nitrogen and oxygen atoms in total. The summed E-state index contributed by atoms with van der Waals surface area (Å²) in [5, 5.41) is 16.0. The molecule has 0 atom stereocenters. The van der Waals surface area contributed by atoms with E-state index in [4.69, 9.17) is 29.3 Å². The van der Waals surface area contributed by atoms with Crippen molar-refractivity contribution in [3.8, 4) is 0 Å². The molecule has 0 fully saturated rings. The fraction of sp³-hybridized carbons (Fsp3) is 0.455. The maximum atomic E-state index is 11.6. The van der Waals surface area contributed by atoms with Crippen LogP contribution in [0.1, 0.15) is 83.8 Å². The van der Waals surface area contributed by atoms with Crippen LogP contribution in [-0.4, -0.2) is 44.5 Å². The number of carbonyl (C=O) groups is 2.